The van der Waals surface area contributed by atoms with Crippen molar-refractivity contribution in [1.29, 1.82) is 0 Å². The molecule has 0 aliphatic rings. The van der Waals surface area contributed by atoms with Gasteiger partial charge in [0.25, 0.3) is 5.69 Å². The molecule has 0 heterocycles. The molecule has 1 N–H and O–H groups in total. The lowest BCUT2D eigenvalue weighted by Gasteiger charge is -2.18. The average molecular weight is 355 g/mol. The highest BCUT2D eigenvalue weighted by atomic mass is 16.6. The summed E-state index contributed by atoms with van der Waals surface area (Å²) in [4.78, 5) is 10.3. The Morgan fingerprint density at radius 3 is 1.85 bits per heavy atom. The number of nitrogens with zero attached hydrogens (tertiary/aromatic N) is 3. The van der Waals surface area contributed by atoms with E-state index < -0.39 is 4.92 Å². The molecule has 138 valence electrons. The molecule has 0 fully saturated rings. The van der Waals surface area contributed by atoms with Crippen LogP contribution in [0.5, 0.6) is 5.75 Å². The number of azo groups is 1. The number of phenolic OH excluding ortho intramolecular Hbond substituents is 1. The van der Waals surface area contributed by atoms with E-state index in [1.165, 1.54) is 12.1 Å². The highest BCUT2D eigenvalue weighted by molar-refractivity contribution is 5.55. The van der Waals surface area contributed by atoms with Crippen LogP contribution in [0, 0.1) is 10.1 Å². The second-order valence-electron chi connectivity index (χ2n) is 6.56. The van der Waals surface area contributed by atoms with Crippen molar-refractivity contribution in [2.45, 2.75) is 52.4 Å². The van der Waals surface area contributed by atoms with Crippen LogP contribution < -0.4 is 0 Å². The molecule has 0 saturated carbocycles. The summed E-state index contributed by atoms with van der Waals surface area (Å²) in [5.41, 5.74) is 2.99. The standard InChI is InChI=1S/C20H25N3O3/c1-5-13(3)18-11-16(12-19(20(18)24)14(4)6-2)22-21-15-7-9-17(10-8-15)23(25)26/h7-14,24H,5-6H2,1-4H3/b22-21+. The fourth-order valence-corrected chi connectivity index (χ4v) is 2.67. The van der Waals surface area contributed by atoms with E-state index >= 15 is 0 Å². The largest absolute Gasteiger partial charge is 0.507 e. The van der Waals surface area contributed by atoms with Gasteiger partial charge in [-0.05, 0) is 60.1 Å². The van der Waals surface area contributed by atoms with Crippen molar-refractivity contribution < 1.29 is 10.0 Å². The molecule has 0 aliphatic heterocycles. The van der Waals surface area contributed by atoms with E-state index in [9.17, 15) is 15.2 Å². The van der Waals surface area contributed by atoms with Gasteiger partial charge in [-0.1, -0.05) is 27.7 Å². The number of nitro benzene ring substituents is 1. The second-order valence-corrected chi connectivity index (χ2v) is 6.56. The summed E-state index contributed by atoms with van der Waals surface area (Å²) in [6.07, 6.45) is 1.83. The lowest BCUT2D eigenvalue weighted by Crippen LogP contribution is -1.98. The Labute approximate surface area is 153 Å². The highest BCUT2D eigenvalue weighted by Crippen LogP contribution is 2.39. The van der Waals surface area contributed by atoms with Crippen LogP contribution in [0.15, 0.2) is 46.6 Å². The van der Waals surface area contributed by atoms with Gasteiger partial charge in [0.2, 0.25) is 0 Å². The third-order valence-electron chi connectivity index (χ3n) is 4.78. The van der Waals surface area contributed by atoms with Gasteiger partial charge in [-0.15, -0.1) is 0 Å². The van der Waals surface area contributed by atoms with Crippen LogP contribution >= 0.6 is 0 Å². The van der Waals surface area contributed by atoms with Crippen molar-refractivity contribution in [3.63, 3.8) is 0 Å². The van der Waals surface area contributed by atoms with Gasteiger partial charge in [-0.2, -0.15) is 10.2 Å². The van der Waals surface area contributed by atoms with Gasteiger partial charge in [-0.3, -0.25) is 10.1 Å². The number of hydrogen-bond donors (Lipinski definition) is 1. The lowest BCUT2D eigenvalue weighted by atomic mass is 9.89. The number of non-ortho nitro benzene ring substituents is 1. The summed E-state index contributed by atoms with van der Waals surface area (Å²) in [5, 5.41) is 29.8. The van der Waals surface area contributed by atoms with Crippen LogP contribution in [0.3, 0.4) is 0 Å². The summed E-state index contributed by atoms with van der Waals surface area (Å²) in [7, 11) is 0. The van der Waals surface area contributed by atoms with Crippen LogP contribution in [-0.4, -0.2) is 10.0 Å². The van der Waals surface area contributed by atoms with Crippen LogP contribution in [-0.2, 0) is 0 Å². The number of aromatic hydroxyl groups is 1. The molecule has 6 heteroatoms. The molecule has 2 unspecified atom stereocenters. The fourth-order valence-electron chi connectivity index (χ4n) is 2.67. The quantitative estimate of drug-likeness (QED) is 0.339. The molecular weight excluding hydrogens is 330 g/mol. The minimum Gasteiger partial charge on any atom is -0.507 e. The Hall–Kier alpha value is -2.76. The van der Waals surface area contributed by atoms with Crippen molar-refractivity contribution in [3.8, 4) is 5.75 Å². The molecular formula is C20H25N3O3. The fraction of sp³-hybridized carbons (Fsp3) is 0.400. The molecule has 0 bridgehead atoms. The molecule has 2 aromatic carbocycles. The van der Waals surface area contributed by atoms with E-state index in [1.807, 2.05) is 12.1 Å². The van der Waals surface area contributed by atoms with Gasteiger partial charge >= 0.3 is 0 Å². The first-order chi connectivity index (χ1) is 12.4. The SMILES string of the molecule is CCC(C)c1cc(/N=N/c2ccc([N+](=O)[O-])cc2)cc(C(C)CC)c1O. The minimum atomic E-state index is -0.447. The molecule has 26 heavy (non-hydrogen) atoms. The van der Waals surface area contributed by atoms with E-state index in [1.54, 1.807) is 12.1 Å². The first kappa shape index (κ1) is 19.6. The van der Waals surface area contributed by atoms with Crippen molar-refractivity contribution in [1.82, 2.24) is 0 Å². The molecule has 0 radical (unpaired) electrons. The van der Waals surface area contributed by atoms with Gasteiger partial charge in [0.05, 0.1) is 16.3 Å². The predicted molar refractivity (Wildman–Crippen MR) is 103 cm³/mol. The zero-order valence-electron chi connectivity index (χ0n) is 15.6. The monoisotopic (exact) mass is 355 g/mol. The number of benzene rings is 2. The third-order valence-corrected chi connectivity index (χ3v) is 4.78. The molecule has 0 saturated heterocycles. The lowest BCUT2D eigenvalue weighted by molar-refractivity contribution is -0.384. The van der Waals surface area contributed by atoms with Crippen molar-refractivity contribution in [2.24, 2.45) is 10.2 Å². The number of nitro groups is 1. The smallest absolute Gasteiger partial charge is 0.269 e. The topological polar surface area (TPSA) is 88.1 Å². The molecule has 0 aliphatic carbocycles. The maximum Gasteiger partial charge on any atom is 0.269 e. The molecule has 0 spiro atoms. The summed E-state index contributed by atoms with van der Waals surface area (Å²) >= 11 is 0. The minimum absolute atomic E-state index is 0.0201. The van der Waals surface area contributed by atoms with Crippen LogP contribution in [0.4, 0.5) is 17.1 Å². The molecule has 0 aromatic heterocycles. The maximum atomic E-state index is 10.7. The van der Waals surface area contributed by atoms with Gasteiger partial charge < -0.3 is 5.11 Å². The summed E-state index contributed by atoms with van der Waals surface area (Å²) in [6.45, 7) is 8.32. The summed E-state index contributed by atoms with van der Waals surface area (Å²) < 4.78 is 0. The molecule has 2 aromatic rings. The zero-order chi connectivity index (χ0) is 19.3. The maximum absolute atomic E-state index is 10.7. The van der Waals surface area contributed by atoms with Crippen molar-refractivity contribution in [2.75, 3.05) is 0 Å². The predicted octanol–water partition coefficient (Wildman–Crippen LogP) is 6.74. The summed E-state index contributed by atoms with van der Waals surface area (Å²) in [5.74, 6) is 0.780. The first-order valence-corrected chi connectivity index (χ1v) is 8.90. The third kappa shape index (κ3) is 4.45. The first-order valence-electron chi connectivity index (χ1n) is 8.90. The van der Waals surface area contributed by atoms with Crippen LogP contribution in [0.2, 0.25) is 0 Å². The molecule has 6 nitrogen and oxygen atoms in total. The van der Waals surface area contributed by atoms with E-state index in [0.717, 1.165) is 24.0 Å². The van der Waals surface area contributed by atoms with Gasteiger partial charge in [-0.25, -0.2) is 0 Å². The van der Waals surface area contributed by atoms with Crippen molar-refractivity contribution in [3.05, 3.63) is 57.6 Å². The van der Waals surface area contributed by atoms with E-state index in [0.29, 0.717) is 17.1 Å². The Balaban J connectivity index is 2.39. The highest BCUT2D eigenvalue weighted by Gasteiger charge is 2.17. The zero-order valence-corrected chi connectivity index (χ0v) is 15.6. The normalized spacial score (nSPS) is 13.7. The summed E-state index contributed by atoms with van der Waals surface area (Å²) in [6, 6.07) is 9.66. The molecule has 0 amide bonds. The molecule has 2 rings (SSSR count). The Bertz CT molecular complexity index is 769. The van der Waals surface area contributed by atoms with Crippen LogP contribution in [0.1, 0.15) is 63.5 Å². The van der Waals surface area contributed by atoms with Gasteiger partial charge in [0.15, 0.2) is 0 Å². The second kappa shape index (κ2) is 8.56. The Kier molecular flexibility index (Phi) is 6.44. The van der Waals surface area contributed by atoms with E-state index in [4.69, 9.17) is 0 Å². The average Bonchev–Trinajstić information content (AvgIpc) is 2.66. The van der Waals surface area contributed by atoms with Crippen LogP contribution in [0.25, 0.3) is 0 Å². The Morgan fingerprint density at radius 1 is 0.962 bits per heavy atom. The van der Waals surface area contributed by atoms with E-state index in [-0.39, 0.29) is 17.5 Å². The van der Waals surface area contributed by atoms with Gasteiger partial charge in [0, 0.05) is 12.1 Å². The number of rotatable bonds is 7. The number of phenols is 1. The van der Waals surface area contributed by atoms with Gasteiger partial charge in [0.1, 0.15) is 5.75 Å². The van der Waals surface area contributed by atoms with Crippen molar-refractivity contribution >= 4 is 17.1 Å². The number of hydrogen-bond acceptors (Lipinski definition) is 5. The Morgan fingerprint density at radius 2 is 1.42 bits per heavy atom. The van der Waals surface area contributed by atoms with E-state index in [2.05, 4.69) is 37.9 Å². The molecule has 2 atom stereocenters.